The first-order chi connectivity index (χ1) is 15.9. The molecule has 4 rings (SSSR count). The van der Waals surface area contributed by atoms with Gasteiger partial charge in [0.25, 0.3) is 5.91 Å². The molecule has 168 valence electrons. The lowest BCUT2D eigenvalue weighted by Crippen LogP contribution is -2.31. The monoisotopic (exact) mass is 577 g/mol. The van der Waals surface area contributed by atoms with Crippen molar-refractivity contribution >= 4 is 90.2 Å². The van der Waals surface area contributed by atoms with Crippen molar-refractivity contribution in [1.82, 2.24) is 9.88 Å². The van der Waals surface area contributed by atoms with Crippen LogP contribution < -0.4 is 5.32 Å². The summed E-state index contributed by atoms with van der Waals surface area (Å²) in [5.74, 6) is -0.398. The molecule has 0 unspecified atom stereocenters. The molecule has 1 N–H and O–H groups in total. The number of nitrogens with one attached hydrogen (secondary N) is 1. The highest BCUT2D eigenvalue weighted by Gasteiger charge is 2.32. The first-order valence-electron chi connectivity index (χ1n) is 9.87. The van der Waals surface area contributed by atoms with Crippen LogP contribution >= 0.6 is 62.8 Å². The Bertz CT molecular complexity index is 1240. The van der Waals surface area contributed by atoms with Crippen molar-refractivity contribution in [3.05, 3.63) is 85.1 Å². The third-order valence-corrected chi connectivity index (χ3v) is 7.71. The number of aromatic nitrogens is 1. The van der Waals surface area contributed by atoms with E-state index in [0.717, 1.165) is 20.5 Å². The van der Waals surface area contributed by atoms with Crippen LogP contribution in [0, 0.1) is 0 Å². The van der Waals surface area contributed by atoms with Gasteiger partial charge in [-0.15, -0.1) is 11.3 Å². The van der Waals surface area contributed by atoms with E-state index < -0.39 is 0 Å². The molecule has 1 saturated heterocycles. The standard InChI is InChI=1S/C23H17BrClN3O2S3/c24-16-3-1-2-15(10-16)12-19-21(30)28(23(31)33-19)9-8-20(29)27-22-26-13-18(32-22)11-14-4-6-17(25)7-5-14/h1-7,10,12-13H,8-9,11H2,(H,26,27,29)/b19-12-. The van der Waals surface area contributed by atoms with Gasteiger partial charge in [-0.1, -0.05) is 75.8 Å². The lowest BCUT2D eigenvalue weighted by atomic mass is 10.1. The average Bonchev–Trinajstić information content (AvgIpc) is 3.31. The largest absolute Gasteiger partial charge is 0.302 e. The topological polar surface area (TPSA) is 62.3 Å². The number of anilines is 1. The van der Waals surface area contributed by atoms with Crippen LogP contribution in [0.5, 0.6) is 0 Å². The van der Waals surface area contributed by atoms with E-state index in [1.807, 2.05) is 54.6 Å². The molecule has 2 aromatic carbocycles. The Hall–Kier alpha value is -2.04. The van der Waals surface area contributed by atoms with E-state index in [9.17, 15) is 9.59 Å². The molecule has 0 bridgehead atoms. The summed E-state index contributed by atoms with van der Waals surface area (Å²) in [6.07, 6.45) is 4.40. The number of rotatable bonds is 7. The number of nitrogens with zero attached hydrogens (tertiary/aromatic N) is 2. The van der Waals surface area contributed by atoms with Crippen LogP contribution in [0.3, 0.4) is 0 Å². The fraction of sp³-hybridized carbons (Fsp3) is 0.130. The zero-order valence-electron chi connectivity index (χ0n) is 17.1. The molecular formula is C23H17BrClN3O2S3. The maximum atomic E-state index is 12.8. The fourth-order valence-corrected chi connectivity index (χ4v) is 5.80. The number of thioether (sulfide) groups is 1. The third-order valence-electron chi connectivity index (χ3n) is 4.67. The van der Waals surface area contributed by atoms with Crippen LogP contribution in [-0.2, 0) is 16.0 Å². The highest BCUT2D eigenvalue weighted by molar-refractivity contribution is 9.10. The summed E-state index contributed by atoms with van der Waals surface area (Å²) in [5, 5.41) is 4.03. The van der Waals surface area contributed by atoms with E-state index in [2.05, 4.69) is 26.2 Å². The van der Waals surface area contributed by atoms with Crippen LogP contribution in [0.25, 0.3) is 6.08 Å². The summed E-state index contributed by atoms with van der Waals surface area (Å²) in [6.45, 7) is 0.218. The molecule has 0 radical (unpaired) electrons. The third kappa shape index (κ3) is 6.51. The summed E-state index contributed by atoms with van der Waals surface area (Å²) < 4.78 is 1.38. The molecule has 2 heterocycles. The van der Waals surface area contributed by atoms with Crippen molar-refractivity contribution in [3.8, 4) is 0 Å². The summed E-state index contributed by atoms with van der Waals surface area (Å²) in [4.78, 5) is 32.5. The number of thiazole rings is 1. The van der Waals surface area contributed by atoms with E-state index >= 15 is 0 Å². The number of carbonyl (C=O) groups excluding carboxylic acids is 2. The van der Waals surface area contributed by atoms with Gasteiger partial charge in [0.05, 0.1) is 4.91 Å². The van der Waals surface area contributed by atoms with Crippen LogP contribution in [0.15, 0.2) is 64.1 Å². The van der Waals surface area contributed by atoms with Gasteiger partial charge in [-0.2, -0.15) is 0 Å². The first kappa shape index (κ1) is 24.1. The average molecular weight is 579 g/mol. The van der Waals surface area contributed by atoms with Crippen LogP contribution in [-0.4, -0.2) is 32.6 Å². The van der Waals surface area contributed by atoms with Gasteiger partial charge in [-0.25, -0.2) is 4.98 Å². The molecule has 1 aliphatic heterocycles. The van der Waals surface area contributed by atoms with Gasteiger partial charge in [-0.3, -0.25) is 14.5 Å². The maximum Gasteiger partial charge on any atom is 0.266 e. The minimum atomic E-state index is -0.215. The van der Waals surface area contributed by atoms with Crippen molar-refractivity contribution in [2.24, 2.45) is 0 Å². The first-order valence-corrected chi connectivity index (χ1v) is 13.1. The van der Waals surface area contributed by atoms with Crippen molar-refractivity contribution in [1.29, 1.82) is 0 Å². The van der Waals surface area contributed by atoms with Crippen molar-refractivity contribution < 1.29 is 9.59 Å². The molecule has 1 aromatic heterocycles. The van der Waals surface area contributed by atoms with Gasteiger partial charge < -0.3 is 5.32 Å². The zero-order valence-corrected chi connectivity index (χ0v) is 21.9. The smallest absolute Gasteiger partial charge is 0.266 e. The summed E-state index contributed by atoms with van der Waals surface area (Å²) in [5.41, 5.74) is 2.02. The summed E-state index contributed by atoms with van der Waals surface area (Å²) in [7, 11) is 0. The Morgan fingerprint density at radius 3 is 2.79 bits per heavy atom. The number of benzene rings is 2. The second-order valence-corrected chi connectivity index (χ2v) is 11.3. The van der Waals surface area contributed by atoms with E-state index in [-0.39, 0.29) is 24.8 Å². The molecule has 3 aromatic rings. The second-order valence-electron chi connectivity index (χ2n) is 7.12. The summed E-state index contributed by atoms with van der Waals surface area (Å²) >= 11 is 17.4. The number of thiocarbonyl (C=S) groups is 1. The number of hydrogen-bond acceptors (Lipinski definition) is 6. The molecule has 0 saturated carbocycles. The van der Waals surface area contributed by atoms with Crippen LogP contribution in [0.4, 0.5) is 5.13 Å². The van der Waals surface area contributed by atoms with Gasteiger partial charge in [0.1, 0.15) is 4.32 Å². The Labute approximate surface area is 218 Å². The zero-order chi connectivity index (χ0) is 23.4. The molecule has 5 nitrogen and oxygen atoms in total. The molecule has 0 aliphatic carbocycles. The number of amides is 2. The fourth-order valence-electron chi connectivity index (χ4n) is 3.09. The van der Waals surface area contributed by atoms with E-state index in [1.54, 1.807) is 6.20 Å². The predicted octanol–water partition coefficient (Wildman–Crippen LogP) is 6.38. The number of carbonyl (C=O) groups is 2. The number of halogens is 2. The van der Waals surface area contributed by atoms with Gasteiger partial charge in [0, 0.05) is 40.0 Å². The van der Waals surface area contributed by atoms with Crippen LogP contribution in [0.1, 0.15) is 22.4 Å². The van der Waals surface area contributed by atoms with Gasteiger partial charge in [0.2, 0.25) is 5.91 Å². The molecule has 33 heavy (non-hydrogen) atoms. The van der Waals surface area contributed by atoms with E-state index in [1.165, 1.54) is 28.0 Å². The quantitative estimate of drug-likeness (QED) is 0.260. The highest BCUT2D eigenvalue weighted by Crippen LogP contribution is 2.33. The van der Waals surface area contributed by atoms with E-state index in [0.29, 0.717) is 25.8 Å². The Kier molecular flexibility index (Phi) is 7.98. The molecule has 1 fully saturated rings. The molecule has 0 atom stereocenters. The normalized spacial score (nSPS) is 14.8. The molecule has 2 amide bonds. The second kappa shape index (κ2) is 10.9. The molecular weight excluding hydrogens is 562 g/mol. The highest BCUT2D eigenvalue weighted by atomic mass is 79.9. The minimum absolute atomic E-state index is 0.128. The molecule has 1 aliphatic rings. The van der Waals surface area contributed by atoms with Gasteiger partial charge in [0.15, 0.2) is 5.13 Å². The van der Waals surface area contributed by atoms with Crippen LogP contribution in [0.2, 0.25) is 5.02 Å². The lowest BCUT2D eigenvalue weighted by Gasteiger charge is -2.13. The summed E-state index contributed by atoms with van der Waals surface area (Å²) in [6, 6.07) is 15.3. The molecule has 10 heteroatoms. The predicted molar refractivity (Wildman–Crippen MR) is 144 cm³/mol. The lowest BCUT2D eigenvalue weighted by molar-refractivity contribution is -0.122. The molecule has 0 spiro atoms. The minimum Gasteiger partial charge on any atom is -0.302 e. The van der Waals surface area contributed by atoms with Crippen molar-refractivity contribution in [3.63, 3.8) is 0 Å². The maximum absolute atomic E-state index is 12.8. The Morgan fingerprint density at radius 2 is 2.03 bits per heavy atom. The van der Waals surface area contributed by atoms with Gasteiger partial charge >= 0.3 is 0 Å². The Morgan fingerprint density at radius 1 is 1.24 bits per heavy atom. The van der Waals surface area contributed by atoms with Crippen molar-refractivity contribution in [2.75, 3.05) is 11.9 Å². The van der Waals surface area contributed by atoms with E-state index in [4.69, 9.17) is 23.8 Å². The van der Waals surface area contributed by atoms with Gasteiger partial charge in [-0.05, 0) is 41.5 Å². The van der Waals surface area contributed by atoms with Crippen molar-refractivity contribution in [2.45, 2.75) is 12.8 Å². The SMILES string of the molecule is O=C(CCN1C(=O)/C(=C/c2cccc(Br)c2)SC1=S)Nc1ncc(Cc2ccc(Cl)cc2)s1. The number of hydrogen-bond donors (Lipinski definition) is 1. The Balaban J connectivity index is 1.31.